The van der Waals surface area contributed by atoms with E-state index in [9.17, 15) is 0 Å². The number of pyridine rings is 1. The van der Waals surface area contributed by atoms with E-state index in [0.29, 0.717) is 0 Å². The molecule has 7 aromatic carbocycles. The Hall–Kier alpha value is -5.47. The quantitative estimate of drug-likeness (QED) is 0.158. The van der Waals surface area contributed by atoms with Crippen LogP contribution in [0.3, 0.4) is 0 Å². The highest BCUT2D eigenvalue weighted by Gasteiger charge is 2.27. The van der Waals surface area contributed by atoms with E-state index in [4.69, 9.17) is 4.98 Å². The van der Waals surface area contributed by atoms with Gasteiger partial charge in [-0.25, -0.2) is 0 Å². The second kappa shape index (κ2) is 9.54. The van der Waals surface area contributed by atoms with Gasteiger partial charge in [0.05, 0.1) is 11.2 Å². The molecule has 0 unspecified atom stereocenters. The predicted octanol–water partition coefficient (Wildman–Crippen LogP) is 10.9. The number of anilines is 3. The molecule has 0 saturated carbocycles. The van der Waals surface area contributed by atoms with Crippen LogP contribution in [0.5, 0.6) is 0 Å². The minimum atomic E-state index is 1.01. The Bertz CT molecular complexity index is 2320. The van der Waals surface area contributed by atoms with Crippen LogP contribution < -0.4 is 4.90 Å². The minimum Gasteiger partial charge on any atom is -0.309 e. The third kappa shape index (κ3) is 3.70. The predicted molar refractivity (Wildman–Crippen MR) is 182 cm³/mol. The molecule has 202 valence electrons. The van der Waals surface area contributed by atoms with Crippen LogP contribution in [-0.2, 0) is 12.8 Å². The Labute approximate surface area is 250 Å². The summed E-state index contributed by atoms with van der Waals surface area (Å²) in [7, 11) is 0. The number of aromatic nitrogens is 1. The molecule has 8 aromatic rings. The molecule has 1 aliphatic rings. The Balaban J connectivity index is 1.49. The van der Waals surface area contributed by atoms with Gasteiger partial charge < -0.3 is 4.90 Å². The largest absolute Gasteiger partial charge is 0.309 e. The van der Waals surface area contributed by atoms with Crippen molar-refractivity contribution in [2.45, 2.75) is 12.8 Å². The zero-order valence-electron chi connectivity index (χ0n) is 23.7. The van der Waals surface area contributed by atoms with Gasteiger partial charge in [0, 0.05) is 39.1 Å². The van der Waals surface area contributed by atoms with Gasteiger partial charge in [-0.2, -0.15) is 0 Å². The van der Waals surface area contributed by atoms with E-state index in [1.165, 1.54) is 71.6 Å². The molecular weight excluding hydrogens is 520 g/mol. The molecule has 1 aliphatic heterocycles. The molecule has 0 radical (unpaired) electrons. The zero-order valence-corrected chi connectivity index (χ0v) is 23.7. The summed E-state index contributed by atoms with van der Waals surface area (Å²) in [6.45, 7) is 0. The standard InChI is InChI=1S/C41H28N2/c1-2-14-30-25-31(24-21-27(30)11-1)39-32-15-5-6-16-33(32)41(35-26-42-36-18-8-7-17-34(36)40(35)39)43-37-19-9-3-12-28(37)22-23-29-13-4-10-20-38(29)43/h1-21,24-26H,22-23H2. The monoisotopic (exact) mass is 548 g/mol. The third-order valence-electron chi connectivity index (χ3n) is 9.12. The van der Waals surface area contributed by atoms with E-state index in [0.717, 1.165) is 23.7 Å². The van der Waals surface area contributed by atoms with Gasteiger partial charge in [-0.05, 0) is 75.5 Å². The van der Waals surface area contributed by atoms with Crippen molar-refractivity contribution in [1.29, 1.82) is 0 Å². The van der Waals surface area contributed by atoms with Crippen LogP contribution in [0.25, 0.3) is 54.3 Å². The highest BCUT2D eigenvalue weighted by molar-refractivity contribution is 6.28. The van der Waals surface area contributed by atoms with E-state index in [1.807, 2.05) is 0 Å². The molecule has 2 heterocycles. The van der Waals surface area contributed by atoms with Gasteiger partial charge in [0.1, 0.15) is 0 Å². The van der Waals surface area contributed by atoms with Crippen molar-refractivity contribution in [1.82, 2.24) is 4.98 Å². The van der Waals surface area contributed by atoms with Gasteiger partial charge >= 0.3 is 0 Å². The van der Waals surface area contributed by atoms with Crippen molar-refractivity contribution in [2.75, 3.05) is 4.90 Å². The summed E-state index contributed by atoms with van der Waals surface area (Å²) in [6, 6.07) is 50.9. The molecule has 1 aromatic heterocycles. The highest BCUT2D eigenvalue weighted by atomic mass is 15.2. The smallest absolute Gasteiger partial charge is 0.0708 e. The number of hydrogen-bond acceptors (Lipinski definition) is 2. The molecule has 9 rings (SSSR count). The maximum atomic E-state index is 5.07. The van der Waals surface area contributed by atoms with Crippen LogP contribution >= 0.6 is 0 Å². The lowest BCUT2D eigenvalue weighted by Crippen LogP contribution is -2.13. The number of fused-ring (bicyclic) bond motifs is 7. The summed E-state index contributed by atoms with van der Waals surface area (Å²) < 4.78 is 0. The van der Waals surface area contributed by atoms with Crippen LogP contribution in [0.2, 0.25) is 0 Å². The first-order valence-corrected chi connectivity index (χ1v) is 15.0. The van der Waals surface area contributed by atoms with Crippen LogP contribution in [-0.4, -0.2) is 4.98 Å². The Morgan fingerprint density at radius 3 is 1.86 bits per heavy atom. The Morgan fingerprint density at radius 2 is 1.09 bits per heavy atom. The maximum absolute atomic E-state index is 5.07. The van der Waals surface area contributed by atoms with Gasteiger partial charge in [-0.3, -0.25) is 4.98 Å². The number of para-hydroxylation sites is 3. The molecule has 2 heteroatoms. The molecule has 0 saturated heterocycles. The van der Waals surface area contributed by atoms with Gasteiger partial charge in [0.2, 0.25) is 0 Å². The van der Waals surface area contributed by atoms with Crippen molar-refractivity contribution in [3.05, 3.63) is 157 Å². The van der Waals surface area contributed by atoms with Crippen molar-refractivity contribution in [2.24, 2.45) is 0 Å². The van der Waals surface area contributed by atoms with Gasteiger partial charge in [-0.15, -0.1) is 0 Å². The lowest BCUT2D eigenvalue weighted by Gasteiger charge is -2.31. The lowest BCUT2D eigenvalue weighted by molar-refractivity contribution is 0.977. The van der Waals surface area contributed by atoms with Crippen molar-refractivity contribution in [3.63, 3.8) is 0 Å². The number of nitrogens with zero attached hydrogens (tertiary/aromatic N) is 2. The number of rotatable bonds is 2. The van der Waals surface area contributed by atoms with Gasteiger partial charge in [-0.1, -0.05) is 115 Å². The minimum absolute atomic E-state index is 1.01. The van der Waals surface area contributed by atoms with Crippen LogP contribution in [0.1, 0.15) is 11.1 Å². The Kier molecular flexibility index (Phi) is 5.36. The van der Waals surface area contributed by atoms with E-state index in [1.54, 1.807) is 0 Å². The van der Waals surface area contributed by atoms with Crippen molar-refractivity contribution >= 4 is 60.3 Å². The number of benzene rings is 7. The topological polar surface area (TPSA) is 16.1 Å². The fraction of sp³-hybridized carbons (Fsp3) is 0.0488. The summed E-state index contributed by atoms with van der Waals surface area (Å²) in [4.78, 5) is 7.58. The summed E-state index contributed by atoms with van der Waals surface area (Å²) >= 11 is 0. The molecule has 0 aliphatic carbocycles. The normalized spacial score (nSPS) is 12.9. The first-order chi connectivity index (χ1) is 21.3. The summed E-state index contributed by atoms with van der Waals surface area (Å²) in [6.07, 6.45) is 4.13. The average molecular weight is 549 g/mol. The number of hydrogen-bond donors (Lipinski definition) is 0. The molecule has 2 nitrogen and oxygen atoms in total. The molecule has 0 bridgehead atoms. The first-order valence-electron chi connectivity index (χ1n) is 15.0. The molecule has 0 fully saturated rings. The van der Waals surface area contributed by atoms with Gasteiger partial charge in [0.25, 0.3) is 0 Å². The van der Waals surface area contributed by atoms with Crippen molar-refractivity contribution < 1.29 is 0 Å². The van der Waals surface area contributed by atoms with E-state index in [-0.39, 0.29) is 0 Å². The van der Waals surface area contributed by atoms with E-state index in [2.05, 4.69) is 151 Å². The SMILES string of the molecule is c1ccc2c(c1)CCc1ccccc1N2c1c2ccccc2c(-c2ccc3ccccc3c2)c2c1cnc1ccccc12. The second-order valence-electron chi connectivity index (χ2n) is 11.5. The van der Waals surface area contributed by atoms with E-state index >= 15 is 0 Å². The van der Waals surface area contributed by atoms with Crippen LogP contribution in [0.15, 0.2) is 146 Å². The molecule has 0 N–H and O–H groups in total. The maximum Gasteiger partial charge on any atom is 0.0708 e. The first kappa shape index (κ1) is 24.2. The summed E-state index contributed by atoms with van der Waals surface area (Å²) in [5.74, 6) is 0. The molecular formula is C41H28N2. The third-order valence-corrected chi connectivity index (χ3v) is 9.12. The van der Waals surface area contributed by atoms with Crippen LogP contribution in [0, 0.1) is 0 Å². The van der Waals surface area contributed by atoms with E-state index < -0.39 is 0 Å². The molecule has 0 atom stereocenters. The Morgan fingerprint density at radius 1 is 0.488 bits per heavy atom. The number of aryl methyl sites for hydroxylation is 2. The molecule has 0 amide bonds. The zero-order chi connectivity index (χ0) is 28.3. The summed E-state index contributed by atoms with van der Waals surface area (Å²) in [5.41, 5.74) is 9.89. The second-order valence-corrected chi connectivity index (χ2v) is 11.5. The average Bonchev–Trinajstić information content (AvgIpc) is 3.24. The fourth-order valence-corrected chi connectivity index (χ4v) is 7.18. The van der Waals surface area contributed by atoms with Crippen LogP contribution in [0.4, 0.5) is 17.1 Å². The molecule has 0 spiro atoms. The van der Waals surface area contributed by atoms with Crippen molar-refractivity contribution in [3.8, 4) is 11.1 Å². The highest BCUT2D eigenvalue weighted by Crippen LogP contribution is 2.51. The molecule has 43 heavy (non-hydrogen) atoms. The fourth-order valence-electron chi connectivity index (χ4n) is 7.18. The summed E-state index contributed by atoms with van der Waals surface area (Å²) in [5, 5.41) is 8.54. The lowest BCUT2D eigenvalue weighted by atomic mass is 9.88. The van der Waals surface area contributed by atoms with Gasteiger partial charge in [0.15, 0.2) is 0 Å².